The van der Waals surface area contributed by atoms with E-state index in [1.807, 2.05) is 68.4 Å². The van der Waals surface area contributed by atoms with E-state index in [4.69, 9.17) is 10.5 Å². The van der Waals surface area contributed by atoms with Gasteiger partial charge in [0, 0.05) is 30.0 Å². The van der Waals surface area contributed by atoms with Crippen LogP contribution >= 0.6 is 0 Å². The Bertz CT molecular complexity index is 1220. The Morgan fingerprint density at radius 2 is 1.68 bits per heavy atom. The molecule has 0 aliphatic carbocycles. The fourth-order valence-electron chi connectivity index (χ4n) is 3.44. The number of ether oxygens (including phenoxy) is 1. The fraction of sp³-hybridized carbons (Fsp3) is 0.179. The van der Waals surface area contributed by atoms with Gasteiger partial charge in [0.25, 0.3) is 0 Å². The summed E-state index contributed by atoms with van der Waals surface area (Å²) in [5.41, 5.74) is 8.76. The van der Waals surface area contributed by atoms with Gasteiger partial charge in [-0.15, -0.1) is 0 Å². The zero-order valence-electron chi connectivity index (χ0n) is 19.4. The lowest BCUT2D eigenvalue weighted by Gasteiger charge is -2.16. The van der Waals surface area contributed by atoms with Crippen molar-refractivity contribution in [3.8, 4) is 0 Å². The predicted molar refractivity (Wildman–Crippen MR) is 136 cm³/mol. The Kier molecular flexibility index (Phi) is 8.88. The molecule has 0 aliphatic rings. The Morgan fingerprint density at radius 3 is 2.38 bits per heavy atom. The second-order valence-electron chi connectivity index (χ2n) is 7.40. The lowest BCUT2D eigenvalue weighted by Crippen LogP contribution is -2.27. The molecule has 6 heteroatoms. The summed E-state index contributed by atoms with van der Waals surface area (Å²) in [5.74, 6) is -1.05. The summed E-state index contributed by atoms with van der Waals surface area (Å²) in [6.07, 6.45) is 3.50. The van der Waals surface area contributed by atoms with Crippen molar-refractivity contribution >= 4 is 28.3 Å². The maximum Gasteiger partial charge on any atom is 0.338 e. The Labute approximate surface area is 199 Å². The van der Waals surface area contributed by atoms with Crippen LogP contribution in [0.25, 0.3) is 10.8 Å². The highest BCUT2D eigenvalue weighted by Gasteiger charge is 2.19. The van der Waals surface area contributed by atoms with Crippen molar-refractivity contribution in [1.82, 2.24) is 4.98 Å². The molecule has 0 saturated carbocycles. The van der Waals surface area contributed by atoms with Crippen LogP contribution in [0, 0.1) is 0 Å². The van der Waals surface area contributed by atoms with E-state index in [9.17, 15) is 9.59 Å². The third-order valence-corrected chi connectivity index (χ3v) is 5.22. The lowest BCUT2D eigenvalue weighted by molar-refractivity contribution is -0.117. The largest absolute Gasteiger partial charge is 0.457 e. The van der Waals surface area contributed by atoms with Crippen molar-refractivity contribution in [2.45, 2.75) is 26.4 Å². The number of esters is 1. The molecule has 0 radical (unpaired) electrons. The number of pyridine rings is 1. The molecule has 174 valence electrons. The zero-order valence-corrected chi connectivity index (χ0v) is 19.4. The molecule has 0 saturated heterocycles. The van der Waals surface area contributed by atoms with Crippen LogP contribution in [-0.2, 0) is 16.1 Å². The summed E-state index contributed by atoms with van der Waals surface area (Å²) < 4.78 is 5.36. The third-order valence-electron chi connectivity index (χ3n) is 5.22. The highest BCUT2D eigenvalue weighted by atomic mass is 16.5. The second kappa shape index (κ2) is 12.3. The highest BCUT2D eigenvalue weighted by Crippen LogP contribution is 2.22. The maximum absolute atomic E-state index is 12.9. The molecular weight excluding hydrogens is 426 g/mol. The number of benzene rings is 3. The number of rotatable bonds is 7. The average Bonchev–Trinajstić information content (AvgIpc) is 2.90. The van der Waals surface area contributed by atoms with Crippen molar-refractivity contribution in [2.75, 3.05) is 11.9 Å². The number of carbonyl (C=O) groups excluding carboxylic acids is 2. The van der Waals surface area contributed by atoms with Crippen molar-refractivity contribution in [1.29, 1.82) is 0 Å². The van der Waals surface area contributed by atoms with Crippen LogP contribution in [0.2, 0.25) is 0 Å². The smallest absolute Gasteiger partial charge is 0.338 e. The Balaban J connectivity index is 0.00000158. The van der Waals surface area contributed by atoms with Crippen LogP contribution < -0.4 is 11.1 Å². The maximum atomic E-state index is 12.9. The van der Waals surface area contributed by atoms with Gasteiger partial charge < -0.3 is 15.8 Å². The molecule has 3 aromatic carbocycles. The molecular formula is C28H29N3O3. The second-order valence-corrected chi connectivity index (χ2v) is 7.40. The molecule has 0 fully saturated rings. The van der Waals surface area contributed by atoms with Crippen LogP contribution in [0.15, 0.2) is 91.3 Å². The number of anilines is 1. The van der Waals surface area contributed by atoms with E-state index in [1.54, 1.807) is 36.7 Å². The van der Waals surface area contributed by atoms with Gasteiger partial charge in [-0.3, -0.25) is 9.78 Å². The van der Waals surface area contributed by atoms with Crippen molar-refractivity contribution in [3.63, 3.8) is 0 Å². The van der Waals surface area contributed by atoms with Gasteiger partial charge in [0.1, 0.15) is 6.61 Å². The molecule has 1 heterocycles. The molecule has 6 nitrogen and oxygen atoms in total. The number of fused-ring (bicyclic) bond motifs is 1. The summed E-state index contributed by atoms with van der Waals surface area (Å²) in [7, 11) is 0. The van der Waals surface area contributed by atoms with E-state index in [2.05, 4.69) is 10.3 Å². The Hall–Kier alpha value is -4.03. The summed E-state index contributed by atoms with van der Waals surface area (Å²) >= 11 is 0. The first kappa shape index (κ1) is 24.6. The molecule has 0 aliphatic heterocycles. The van der Waals surface area contributed by atoms with Gasteiger partial charge in [-0.25, -0.2) is 4.79 Å². The van der Waals surface area contributed by atoms with Crippen LogP contribution in [0.5, 0.6) is 0 Å². The number of hydrogen-bond acceptors (Lipinski definition) is 5. The summed E-state index contributed by atoms with van der Waals surface area (Å²) in [6.45, 7) is 4.32. The number of carbonyl (C=O) groups is 2. The lowest BCUT2D eigenvalue weighted by atomic mass is 9.97. The van der Waals surface area contributed by atoms with Crippen molar-refractivity contribution in [2.24, 2.45) is 5.73 Å². The zero-order chi connectivity index (χ0) is 24.3. The van der Waals surface area contributed by atoms with Gasteiger partial charge in [0.15, 0.2) is 0 Å². The molecule has 1 unspecified atom stereocenters. The van der Waals surface area contributed by atoms with Gasteiger partial charge >= 0.3 is 5.97 Å². The standard InChI is InChI=1S/C26H23N3O3.C2H6/c27-15-24(25(30)29-23-11-10-22-16-28-13-12-21(22)14-23)19-8-6-18(7-9-19)17-32-26(31)20-4-2-1-3-5-20;1-2/h1-14,16,24H,15,17,27H2,(H,29,30);1-2H3. The van der Waals surface area contributed by atoms with E-state index >= 15 is 0 Å². The molecule has 4 aromatic rings. The molecule has 1 aromatic heterocycles. The average molecular weight is 456 g/mol. The number of amides is 1. The predicted octanol–water partition coefficient (Wildman–Crippen LogP) is 5.30. The fourth-order valence-corrected chi connectivity index (χ4v) is 3.44. The molecule has 0 spiro atoms. The normalized spacial score (nSPS) is 11.1. The van der Waals surface area contributed by atoms with Gasteiger partial charge in [0.2, 0.25) is 5.91 Å². The molecule has 34 heavy (non-hydrogen) atoms. The van der Waals surface area contributed by atoms with Crippen molar-refractivity contribution in [3.05, 3.63) is 108 Å². The number of nitrogens with one attached hydrogen (secondary N) is 1. The Morgan fingerprint density at radius 1 is 0.941 bits per heavy atom. The minimum absolute atomic E-state index is 0.152. The first-order chi connectivity index (χ1) is 16.6. The first-order valence-electron chi connectivity index (χ1n) is 11.3. The van der Waals surface area contributed by atoms with Gasteiger partial charge in [-0.2, -0.15) is 0 Å². The summed E-state index contributed by atoms with van der Waals surface area (Å²) in [6, 6.07) is 23.8. The number of nitrogens with two attached hydrogens (primary N) is 1. The molecule has 1 atom stereocenters. The third kappa shape index (κ3) is 6.27. The first-order valence-corrected chi connectivity index (χ1v) is 11.3. The molecule has 0 bridgehead atoms. The molecule has 4 rings (SSSR count). The summed E-state index contributed by atoms with van der Waals surface area (Å²) in [4.78, 5) is 29.1. The van der Waals surface area contributed by atoms with Gasteiger partial charge in [-0.05, 0) is 46.8 Å². The SMILES string of the molecule is CC.NCC(C(=O)Nc1ccc2cnccc2c1)c1ccc(COC(=O)c2ccccc2)cc1. The van der Waals surface area contributed by atoms with Crippen LogP contribution in [0.3, 0.4) is 0 Å². The van der Waals surface area contributed by atoms with E-state index in [0.29, 0.717) is 11.3 Å². The summed E-state index contributed by atoms with van der Waals surface area (Å²) in [5, 5.41) is 4.95. The van der Waals surface area contributed by atoms with E-state index < -0.39 is 5.92 Å². The van der Waals surface area contributed by atoms with Crippen LogP contribution in [-0.4, -0.2) is 23.4 Å². The molecule has 1 amide bonds. The quantitative estimate of drug-likeness (QED) is 0.369. The number of hydrogen-bond donors (Lipinski definition) is 2. The topological polar surface area (TPSA) is 94.3 Å². The monoisotopic (exact) mass is 455 g/mol. The van der Waals surface area contributed by atoms with E-state index in [-0.39, 0.29) is 25.0 Å². The minimum Gasteiger partial charge on any atom is -0.457 e. The number of nitrogens with zero attached hydrogens (tertiary/aromatic N) is 1. The van der Waals surface area contributed by atoms with Gasteiger partial charge in [-0.1, -0.05) is 62.4 Å². The van der Waals surface area contributed by atoms with E-state index in [1.165, 1.54) is 0 Å². The van der Waals surface area contributed by atoms with Crippen LogP contribution in [0.1, 0.15) is 41.3 Å². The van der Waals surface area contributed by atoms with Crippen LogP contribution in [0.4, 0.5) is 5.69 Å². The van der Waals surface area contributed by atoms with E-state index in [0.717, 1.165) is 21.9 Å². The van der Waals surface area contributed by atoms with Crippen molar-refractivity contribution < 1.29 is 14.3 Å². The van der Waals surface area contributed by atoms with Gasteiger partial charge in [0.05, 0.1) is 11.5 Å². The minimum atomic E-state index is -0.496. The molecule has 3 N–H and O–H groups in total. The number of aromatic nitrogens is 1. The highest BCUT2D eigenvalue weighted by molar-refractivity contribution is 5.98.